The molecule has 3 heterocycles. The molecule has 36 heavy (non-hydrogen) atoms. The van der Waals surface area contributed by atoms with E-state index in [-0.39, 0.29) is 28.1 Å². The lowest BCUT2D eigenvalue weighted by atomic mass is 9.98. The van der Waals surface area contributed by atoms with Gasteiger partial charge < -0.3 is 13.9 Å². The molecule has 0 bridgehead atoms. The Morgan fingerprint density at radius 3 is 2.67 bits per heavy atom. The van der Waals surface area contributed by atoms with Crippen LogP contribution in [0.15, 0.2) is 63.9 Å². The maximum Gasteiger partial charge on any atom is 0.296 e. The van der Waals surface area contributed by atoms with E-state index in [1.165, 1.54) is 30.3 Å². The molecule has 4 aromatic rings. The number of benzene rings is 2. The molecule has 0 fully saturated rings. The maximum atomic E-state index is 14.0. The first-order chi connectivity index (χ1) is 17.4. The van der Waals surface area contributed by atoms with Gasteiger partial charge in [0.1, 0.15) is 17.2 Å². The van der Waals surface area contributed by atoms with Crippen molar-refractivity contribution in [3.8, 4) is 11.5 Å². The van der Waals surface area contributed by atoms with Crippen LogP contribution >= 0.6 is 11.6 Å². The zero-order valence-electron chi connectivity index (χ0n) is 19.6. The largest absolute Gasteiger partial charge is 0.493 e. The van der Waals surface area contributed by atoms with Gasteiger partial charge in [0.15, 0.2) is 16.9 Å². The van der Waals surface area contributed by atoms with E-state index in [0.29, 0.717) is 28.7 Å². The molecule has 1 aliphatic rings. The Balaban J connectivity index is 1.71. The van der Waals surface area contributed by atoms with Crippen molar-refractivity contribution in [2.45, 2.75) is 25.8 Å². The Morgan fingerprint density at radius 2 is 1.94 bits per heavy atom. The van der Waals surface area contributed by atoms with Gasteiger partial charge in [-0.3, -0.25) is 14.5 Å². The second kappa shape index (κ2) is 9.62. The van der Waals surface area contributed by atoms with E-state index < -0.39 is 23.2 Å². The van der Waals surface area contributed by atoms with Crippen molar-refractivity contribution in [3.05, 3.63) is 92.7 Å². The number of fused-ring (bicyclic) bond motifs is 2. The lowest BCUT2D eigenvalue weighted by Gasteiger charge is -2.25. The van der Waals surface area contributed by atoms with Gasteiger partial charge in [0.2, 0.25) is 5.76 Å². The third-order valence-electron chi connectivity index (χ3n) is 6.05. The minimum absolute atomic E-state index is 0.0453. The number of aromatic nitrogens is 1. The van der Waals surface area contributed by atoms with Crippen LogP contribution in [0, 0.1) is 5.82 Å². The van der Waals surface area contributed by atoms with Crippen LogP contribution in [0.5, 0.6) is 11.5 Å². The number of nitrogens with zero attached hydrogens (tertiary/aromatic N) is 2. The monoisotopic (exact) mass is 508 g/mol. The molecule has 1 amide bonds. The van der Waals surface area contributed by atoms with Gasteiger partial charge in [-0.15, -0.1) is 0 Å². The topological polar surface area (TPSA) is 81.9 Å². The summed E-state index contributed by atoms with van der Waals surface area (Å²) in [5.41, 5.74) is 0.288. The van der Waals surface area contributed by atoms with Gasteiger partial charge in [-0.05, 0) is 54.4 Å². The molecule has 5 rings (SSSR count). The molecule has 0 N–H and O–H groups in total. The summed E-state index contributed by atoms with van der Waals surface area (Å²) >= 11 is 6.02. The van der Waals surface area contributed by atoms with E-state index in [1.54, 1.807) is 30.3 Å². The number of carbonyl (C=O) groups is 1. The summed E-state index contributed by atoms with van der Waals surface area (Å²) in [5, 5.41) is 0.439. The van der Waals surface area contributed by atoms with E-state index >= 15 is 0 Å². The molecule has 9 heteroatoms. The van der Waals surface area contributed by atoms with Crippen LogP contribution in [0.3, 0.4) is 0 Å². The number of anilines is 1. The molecule has 0 aliphatic carbocycles. The van der Waals surface area contributed by atoms with Crippen molar-refractivity contribution in [2.75, 3.05) is 18.6 Å². The number of ether oxygens (including phenoxy) is 2. The highest BCUT2D eigenvalue weighted by molar-refractivity contribution is 6.30. The number of methoxy groups -OCH3 is 1. The number of halogens is 2. The van der Waals surface area contributed by atoms with E-state index in [1.807, 2.05) is 0 Å². The Morgan fingerprint density at radius 1 is 1.11 bits per heavy atom. The Hall–Kier alpha value is -3.91. The van der Waals surface area contributed by atoms with Crippen LogP contribution in [0.2, 0.25) is 5.02 Å². The standard InChI is InChI=1S/C27H22ClFN2O5/c1-3-4-11-35-20-8-5-15(12-21(20)34-2)24-23-25(32)18-13-17(29)7-9-19(18)36-26(23)27(33)31(24)22-10-6-16(28)14-30-22/h5-10,12-14,24H,3-4,11H2,1-2H3. The van der Waals surface area contributed by atoms with Gasteiger partial charge in [0.05, 0.1) is 35.7 Å². The number of rotatable bonds is 7. The van der Waals surface area contributed by atoms with Crippen LogP contribution in [-0.4, -0.2) is 24.6 Å². The average Bonchev–Trinajstić information content (AvgIpc) is 3.17. The highest BCUT2D eigenvalue weighted by atomic mass is 35.5. The second-order valence-corrected chi connectivity index (χ2v) is 8.78. The minimum Gasteiger partial charge on any atom is -0.493 e. The highest BCUT2D eigenvalue weighted by Gasteiger charge is 2.44. The molecule has 1 aliphatic heterocycles. The van der Waals surface area contributed by atoms with Crippen LogP contribution in [-0.2, 0) is 0 Å². The van der Waals surface area contributed by atoms with E-state index in [4.69, 9.17) is 25.5 Å². The lowest BCUT2D eigenvalue weighted by Crippen LogP contribution is -2.30. The zero-order chi connectivity index (χ0) is 25.4. The van der Waals surface area contributed by atoms with Crippen LogP contribution in [0.1, 0.15) is 47.5 Å². The van der Waals surface area contributed by atoms with Crippen molar-refractivity contribution in [3.63, 3.8) is 0 Å². The normalized spacial score (nSPS) is 14.8. The third-order valence-corrected chi connectivity index (χ3v) is 6.27. The van der Waals surface area contributed by atoms with Crippen LogP contribution < -0.4 is 19.8 Å². The van der Waals surface area contributed by atoms with E-state index in [2.05, 4.69) is 11.9 Å². The summed E-state index contributed by atoms with van der Waals surface area (Å²) in [6.45, 7) is 2.59. The summed E-state index contributed by atoms with van der Waals surface area (Å²) < 4.78 is 31.3. The summed E-state index contributed by atoms with van der Waals surface area (Å²) in [5.74, 6) is 0.0195. The minimum atomic E-state index is -0.899. The molecule has 0 saturated heterocycles. The predicted octanol–water partition coefficient (Wildman–Crippen LogP) is 5.92. The molecule has 2 aromatic carbocycles. The van der Waals surface area contributed by atoms with Crippen LogP contribution in [0.25, 0.3) is 11.0 Å². The first-order valence-corrected chi connectivity index (χ1v) is 11.8. The van der Waals surface area contributed by atoms with Gasteiger partial charge in [0, 0.05) is 6.20 Å². The fraction of sp³-hybridized carbons (Fsp3) is 0.222. The number of hydrogen-bond acceptors (Lipinski definition) is 6. The van der Waals surface area contributed by atoms with Gasteiger partial charge in [-0.25, -0.2) is 9.37 Å². The van der Waals surface area contributed by atoms with Crippen LogP contribution in [0.4, 0.5) is 10.2 Å². The zero-order valence-corrected chi connectivity index (χ0v) is 20.3. The first-order valence-electron chi connectivity index (χ1n) is 11.4. The summed E-state index contributed by atoms with van der Waals surface area (Å²) in [7, 11) is 1.52. The van der Waals surface area contributed by atoms with Crippen molar-refractivity contribution in [2.24, 2.45) is 0 Å². The quantitative estimate of drug-likeness (QED) is 0.288. The molecular weight excluding hydrogens is 487 g/mol. The molecule has 184 valence electrons. The molecule has 0 saturated carbocycles. The lowest BCUT2D eigenvalue weighted by molar-refractivity contribution is 0.0970. The second-order valence-electron chi connectivity index (χ2n) is 8.34. The smallest absolute Gasteiger partial charge is 0.296 e. The van der Waals surface area contributed by atoms with Crippen molar-refractivity contribution >= 4 is 34.3 Å². The van der Waals surface area contributed by atoms with Gasteiger partial charge in [-0.1, -0.05) is 31.0 Å². The number of carbonyl (C=O) groups excluding carboxylic acids is 1. The number of pyridine rings is 1. The van der Waals surface area contributed by atoms with E-state index in [0.717, 1.165) is 18.9 Å². The number of hydrogen-bond donors (Lipinski definition) is 0. The van der Waals surface area contributed by atoms with Gasteiger partial charge >= 0.3 is 0 Å². The van der Waals surface area contributed by atoms with Crippen molar-refractivity contribution < 1.29 is 23.1 Å². The van der Waals surface area contributed by atoms with Gasteiger partial charge in [0.25, 0.3) is 5.91 Å². The summed E-state index contributed by atoms with van der Waals surface area (Å²) in [4.78, 5) is 32.9. The first kappa shape index (κ1) is 23.8. The Bertz CT molecular complexity index is 1520. The summed E-state index contributed by atoms with van der Waals surface area (Å²) in [6.07, 6.45) is 3.28. The third kappa shape index (κ3) is 4.07. The van der Waals surface area contributed by atoms with Crippen molar-refractivity contribution in [1.29, 1.82) is 0 Å². The number of amides is 1. The van der Waals surface area contributed by atoms with Gasteiger partial charge in [-0.2, -0.15) is 0 Å². The average molecular weight is 509 g/mol. The Kier molecular flexibility index (Phi) is 6.36. The summed E-state index contributed by atoms with van der Waals surface area (Å²) in [6, 6.07) is 11.1. The molecule has 1 atom stereocenters. The molecular formula is C27H22ClFN2O5. The molecule has 0 radical (unpaired) electrons. The maximum absolute atomic E-state index is 14.0. The fourth-order valence-electron chi connectivity index (χ4n) is 4.31. The fourth-order valence-corrected chi connectivity index (χ4v) is 4.42. The molecule has 2 aromatic heterocycles. The van der Waals surface area contributed by atoms with Crippen molar-refractivity contribution in [1.82, 2.24) is 4.98 Å². The molecule has 1 unspecified atom stereocenters. The predicted molar refractivity (Wildman–Crippen MR) is 134 cm³/mol. The van der Waals surface area contributed by atoms with E-state index in [9.17, 15) is 14.0 Å². The molecule has 7 nitrogen and oxygen atoms in total. The number of unbranched alkanes of at least 4 members (excludes halogenated alkanes) is 1. The Labute approximate surface area is 211 Å². The molecule has 0 spiro atoms. The highest BCUT2D eigenvalue weighted by Crippen LogP contribution is 2.43. The SMILES string of the molecule is CCCCOc1ccc(C2c3c(oc4ccc(F)cc4c3=O)C(=O)N2c2ccc(Cl)cn2)cc1OC.